The molecule has 2 rings (SSSR count). The van der Waals surface area contributed by atoms with E-state index in [2.05, 4.69) is 10.6 Å². The quantitative estimate of drug-likeness (QED) is 0.794. The topological polar surface area (TPSA) is 94.4 Å². The van der Waals surface area contributed by atoms with E-state index >= 15 is 0 Å². The van der Waals surface area contributed by atoms with Gasteiger partial charge < -0.3 is 20.5 Å². The SMILES string of the molecule is CCCNC(=O)N[C@H]1[C@H](O)c2cc(C#N)ccc2OC1(C)C. The number of rotatable bonds is 3. The molecule has 0 bridgehead atoms. The first-order valence-electron chi connectivity index (χ1n) is 7.34. The number of hydrogen-bond donors (Lipinski definition) is 3. The molecule has 0 saturated heterocycles. The Morgan fingerprint density at radius 2 is 2.23 bits per heavy atom. The van der Waals surface area contributed by atoms with Crippen molar-refractivity contribution in [1.82, 2.24) is 10.6 Å². The second-order valence-corrected chi connectivity index (χ2v) is 5.89. The van der Waals surface area contributed by atoms with Gasteiger partial charge in [0.15, 0.2) is 0 Å². The number of fused-ring (bicyclic) bond motifs is 1. The monoisotopic (exact) mass is 303 g/mol. The van der Waals surface area contributed by atoms with E-state index in [4.69, 9.17) is 10.00 Å². The summed E-state index contributed by atoms with van der Waals surface area (Å²) in [6.45, 7) is 6.14. The Labute approximate surface area is 130 Å². The minimum Gasteiger partial charge on any atom is -0.485 e. The lowest BCUT2D eigenvalue weighted by atomic mass is 9.85. The Kier molecular flexibility index (Phi) is 4.57. The molecule has 2 amide bonds. The summed E-state index contributed by atoms with van der Waals surface area (Å²) in [5, 5.41) is 25.1. The Hall–Kier alpha value is -2.26. The fourth-order valence-corrected chi connectivity index (χ4v) is 2.53. The van der Waals surface area contributed by atoms with E-state index in [0.29, 0.717) is 23.4 Å². The third kappa shape index (κ3) is 3.15. The van der Waals surface area contributed by atoms with Crippen LogP contribution >= 0.6 is 0 Å². The molecule has 6 heteroatoms. The number of aliphatic hydroxyl groups excluding tert-OH is 1. The van der Waals surface area contributed by atoms with Crippen LogP contribution in [-0.4, -0.2) is 29.3 Å². The first-order chi connectivity index (χ1) is 10.4. The molecular formula is C16H21N3O3. The average molecular weight is 303 g/mol. The molecule has 0 aliphatic carbocycles. The normalized spacial score (nSPS) is 22.0. The standard InChI is InChI=1S/C16H21N3O3/c1-4-7-18-15(21)19-14-13(20)11-8-10(9-17)5-6-12(11)22-16(14,2)3/h5-6,8,13-14,20H,4,7H2,1-3H3,(H2,18,19,21)/t13-,14+/m1/s1. The van der Waals surface area contributed by atoms with E-state index in [9.17, 15) is 9.90 Å². The van der Waals surface area contributed by atoms with Gasteiger partial charge in [0.1, 0.15) is 17.5 Å². The molecule has 22 heavy (non-hydrogen) atoms. The molecule has 2 atom stereocenters. The van der Waals surface area contributed by atoms with E-state index in [-0.39, 0.29) is 6.03 Å². The van der Waals surface area contributed by atoms with Gasteiger partial charge in [-0.1, -0.05) is 6.92 Å². The van der Waals surface area contributed by atoms with Gasteiger partial charge in [0.05, 0.1) is 17.7 Å². The van der Waals surface area contributed by atoms with E-state index in [1.54, 1.807) is 18.2 Å². The van der Waals surface area contributed by atoms with Crippen molar-refractivity contribution >= 4 is 6.03 Å². The maximum absolute atomic E-state index is 11.9. The molecule has 3 N–H and O–H groups in total. The van der Waals surface area contributed by atoms with Crippen LogP contribution in [0.2, 0.25) is 0 Å². The Bertz CT molecular complexity index is 607. The summed E-state index contributed by atoms with van der Waals surface area (Å²) in [7, 11) is 0. The summed E-state index contributed by atoms with van der Waals surface area (Å²) in [5.41, 5.74) is 0.180. The van der Waals surface area contributed by atoms with Gasteiger partial charge in [-0.25, -0.2) is 4.79 Å². The Morgan fingerprint density at radius 1 is 1.50 bits per heavy atom. The molecule has 0 unspecified atom stereocenters. The number of benzene rings is 1. The number of hydrogen-bond acceptors (Lipinski definition) is 4. The Balaban J connectivity index is 2.27. The molecule has 0 spiro atoms. The summed E-state index contributed by atoms with van der Waals surface area (Å²) in [4.78, 5) is 11.9. The van der Waals surface area contributed by atoms with E-state index < -0.39 is 17.7 Å². The van der Waals surface area contributed by atoms with Crippen LogP contribution in [0.1, 0.15) is 44.4 Å². The molecule has 6 nitrogen and oxygen atoms in total. The largest absolute Gasteiger partial charge is 0.485 e. The Morgan fingerprint density at radius 3 is 2.86 bits per heavy atom. The van der Waals surface area contributed by atoms with Crippen molar-refractivity contribution in [2.45, 2.75) is 44.9 Å². The predicted molar refractivity (Wildman–Crippen MR) is 81.4 cm³/mol. The van der Waals surface area contributed by atoms with Crippen molar-refractivity contribution in [3.05, 3.63) is 29.3 Å². The molecule has 1 aliphatic heterocycles. The molecule has 0 aromatic heterocycles. The molecule has 1 aliphatic rings. The third-order valence-electron chi connectivity index (χ3n) is 3.72. The molecule has 0 radical (unpaired) electrons. The summed E-state index contributed by atoms with van der Waals surface area (Å²) in [5.74, 6) is 0.531. The van der Waals surface area contributed by atoms with Gasteiger partial charge >= 0.3 is 6.03 Å². The lowest BCUT2D eigenvalue weighted by Gasteiger charge is -2.43. The first kappa shape index (κ1) is 16.1. The maximum atomic E-state index is 11.9. The van der Waals surface area contributed by atoms with Crippen LogP contribution in [0, 0.1) is 11.3 Å². The number of nitriles is 1. The number of urea groups is 1. The summed E-state index contributed by atoms with van der Waals surface area (Å²) < 4.78 is 5.90. The predicted octanol–water partition coefficient (Wildman–Crippen LogP) is 1.84. The molecule has 0 saturated carbocycles. The van der Waals surface area contributed by atoms with Crippen molar-refractivity contribution in [3.63, 3.8) is 0 Å². The van der Waals surface area contributed by atoms with Crippen LogP contribution in [0.4, 0.5) is 4.79 Å². The van der Waals surface area contributed by atoms with Crippen molar-refractivity contribution in [1.29, 1.82) is 5.26 Å². The summed E-state index contributed by atoms with van der Waals surface area (Å²) in [6, 6.07) is 5.98. The fourth-order valence-electron chi connectivity index (χ4n) is 2.53. The summed E-state index contributed by atoms with van der Waals surface area (Å²) >= 11 is 0. The highest BCUT2D eigenvalue weighted by Gasteiger charge is 2.44. The highest BCUT2D eigenvalue weighted by atomic mass is 16.5. The first-order valence-corrected chi connectivity index (χ1v) is 7.34. The number of nitrogens with one attached hydrogen (secondary N) is 2. The zero-order valence-electron chi connectivity index (χ0n) is 13.0. The number of amides is 2. The molecule has 0 fully saturated rings. The third-order valence-corrected chi connectivity index (χ3v) is 3.72. The fraction of sp³-hybridized carbons (Fsp3) is 0.500. The minimum atomic E-state index is -0.945. The summed E-state index contributed by atoms with van der Waals surface area (Å²) in [6.07, 6.45) is -0.117. The van der Waals surface area contributed by atoms with E-state index in [0.717, 1.165) is 6.42 Å². The smallest absolute Gasteiger partial charge is 0.315 e. The van der Waals surface area contributed by atoms with Crippen LogP contribution in [0.3, 0.4) is 0 Å². The van der Waals surface area contributed by atoms with Crippen LogP contribution in [0.15, 0.2) is 18.2 Å². The van der Waals surface area contributed by atoms with Gasteiger partial charge in [0.25, 0.3) is 0 Å². The zero-order chi connectivity index (χ0) is 16.3. The van der Waals surface area contributed by atoms with Gasteiger partial charge in [-0.2, -0.15) is 5.26 Å². The van der Waals surface area contributed by atoms with Gasteiger partial charge in [-0.3, -0.25) is 0 Å². The van der Waals surface area contributed by atoms with Crippen molar-refractivity contribution in [3.8, 4) is 11.8 Å². The van der Waals surface area contributed by atoms with Crippen molar-refractivity contribution in [2.75, 3.05) is 6.54 Å². The number of carbonyl (C=O) groups is 1. The highest BCUT2D eigenvalue weighted by molar-refractivity contribution is 5.74. The van der Waals surface area contributed by atoms with Gasteiger partial charge in [-0.15, -0.1) is 0 Å². The van der Waals surface area contributed by atoms with Gasteiger partial charge in [0, 0.05) is 12.1 Å². The van der Waals surface area contributed by atoms with Crippen molar-refractivity contribution < 1.29 is 14.6 Å². The second kappa shape index (κ2) is 6.24. The van der Waals surface area contributed by atoms with Gasteiger partial charge in [0.2, 0.25) is 0 Å². The van der Waals surface area contributed by atoms with E-state index in [1.807, 2.05) is 26.8 Å². The average Bonchev–Trinajstić information content (AvgIpc) is 2.48. The van der Waals surface area contributed by atoms with Crippen molar-refractivity contribution in [2.24, 2.45) is 0 Å². The van der Waals surface area contributed by atoms with Gasteiger partial charge in [-0.05, 0) is 38.5 Å². The molecule has 118 valence electrons. The zero-order valence-corrected chi connectivity index (χ0v) is 13.0. The molecule has 1 aromatic carbocycles. The number of carbonyl (C=O) groups excluding carboxylic acids is 1. The second-order valence-electron chi connectivity index (χ2n) is 5.89. The lowest BCUT2D eigenvalue weighted by molar-refractivity contribution is -0.0229. The molecule has 1 aromatic rings. The van der Waals surface area contributed by atoms with Crippen LogP contribution in [0.5, 0.6) is 5.75 Å². The molecular weight excluding hydrogens is 282 g/mol. The highest BCUT2D eigenvalue weighted by Crippen LogP contribution is 2.40. The van der Waals surface area contributed by atoms with Crippen LogP contribution < -0.4 is 15.4 Å². The molecule has 1 heterocycles. The maximum Gasteiger partial charge on any atom is 0.315 e. The number of aliphatic hydroxyl groups is 1. The number of nitrogens with zero attached hydrogens (tertiary/aromatic N) is 1. The van der Waals surface area contributed by atoms with Crippen LogP contribution in [0.25, 0.3) is 0 Å². The lowest BCUT2D eigenvalue weighted by Crippen LogP contribution is -2.59. The van der Waals surface area contributed by atoms with E-state index in [1.165, 1.54) is 0 Å². The minimum absolute atomic E-state index is 0.345. The number of ether oxygens (including phenoxy) is 1. The van der Waals surface area contributed by atoms with Crippen LogP contribution in [-0.2, 0) is 0 Å².